The van der Waals surface area contributed by atoms with E-state index < -0.39 is 5.97 Å². The molecule has 0 aliphatic carbocycles. The standard InChI is InChI=1S/C20H17ClN2O4S/c1-22-20-23(2)18(24)17(28-20)10-12-6-7-16(15(21)9-12)27-11-13-4-3-5-14(8-13)19(25)26/h3-10H,11H2,1-2H3,(H,25,26)/b17-10-,22-20?. The van der Waals surface area contributed by atoms with Crippen LogP contribution < -0.4 is 4.74 Å². The molecule has 1 amide bonds. The highest BCUT2D eigenvalue weighted by Gasteiger charge is 2.29. The third-order valence-electron chi connectivity index (χ3n) is 4.02. The molecule has 0 atom stereocenters. The number of amidine groups is 1. The lowest BCUT2D eigenvalue weighted by atomic mass is 10.1. The quantitative estimate of drug-likeness (QED) is 0.740. The highest BCUT2D eigenvalue weighted by molar-refractivity contribution is 8.18. The molecule has 1 aliphatic heterocycles. The predicted octanol–water partition coefficient (Wildman–Crippen LogP) is 4.15. The van der Waals surface area contributed by atoms with Crippen molar-refractivity contribution in [1.82, 2.24) is 4.90 Å². The first-order chi connectivity index (χ1) is 13.4. The maximum absolute atomic E-state index is 12.2. The van der Waals surface area contributed by atoms with E-state index in [2.05, 4.69) is 4.99 Å². The highest BCUT2D eigenvalue weighted by Crippen LogP contribution is 2.33. The van der Waals surface area contributed by atoms with Crippen molar-refractivity contribution in [3.8, 4) is 5.75 Å². The van der Waals surface area contributed by atoms with E-state index >= 15 is 0 Å². The lowest BCUT2D eigenvalue weighted by Gasteiger charge is -2.09. The molecule has 1 saturated heterocycles. The van der Waals surface area contributed by atoms with Gasteiger partial charge in [0.05, 0.1) is 15.5 Å². The van der Waals surface area contributed by atoms with Crippen LogP contribution in [0.4, 0.5) is 0 Å². The summed E-state index contributed by atoms with van der Waals surface area (Å²) in [5.41, 5.74) is 1.70. The number of ether oxygens (including phenoxy) is 1. The molecule has 1 heterocycles. The number of aromatic carboxylic acids is 1. The minimum absolute atomic E-state index is 0.111. The second-order valence-corrected chi connectivity index (χ2v) is 7.38. The summed E-state index contributed by atoms with van der Waals surface area (Å²) in [7, 11) is 3.33. The number of thioether (sulfide) groups is 1. The monoisotopic (exact) mass is 416 g/mol. The van der Waals surface area contributed by atoms with Crippen LogP contribution in [-0.2, 0) is 11.4 Å². The Morgan fingerprint density at radius 3 is 2.75 bits per heavy atom. The van der Waals surface area contributed by atoms with Gasteiger partial charge in [-0.1, -0.05) is 29.8 Å². The van der Waals surface area contributed by atoms with Crippen LogP contribution in [0.25, 0.3) is 6.08 Å². The smallest absolute Gasteiger partial charge is 0.335 e. The molecule has 0 spiro atoms. The second kappa shape index (κ2) is 8.50. The minimum atomic E-state index is -0.987. The fourth-order valence-electron chi connectivity index (χ4n) is 2.58. The first-order valence-electron chi connectivity index (χ1n) is 8.28. The van der Waals surface area contributed by atoms with Crippen molar-refractivity contribution >= 4 is 46.5 Å². The lowest BCUT2D eigenvalue weighted by molar-refractivity contribution is -0.121. The first-order valence-corrected chi connectivity index (χ1v) is 9.47. The van der Waals surface area contributed by atoms with Gasteiger partial charge < -0.3 is 9.84 Å². The van der Waals surface area contributed by atoms with E-state index in [4.69, 9.17) is 21.4 Å². The van der Waals surface area contributed by atoms with Crippen molar-refractivity contribution in [2.75, 3.05) is 14.1 Å². The van der Waals surface area contributed by atoms with Crippen LogP contribution in [0.2, 0.25) is 5.02 Å². The average molecular weight is 417 g/mol. The third kappa shape index (κ3) is 4.37. The van der Waals surface area contributed by atoms with E-state index in [0.717, 1.165) is 11.1 Å². The van der Waals surface area contributed by atoms with Gasteiger partial charge in [0.1, 0.15) is 12.4 Å². The van der Waals surface area contributed by atoms with Gasteiger partial charge in [-0.25, -0.2) is 4.79 Å². The Labute approximate surface area is 171 Å². The number of hydrogen-bond donors (Lipinski definition) is 1. The zero-order valence-corrected chi connectivity index (χ0v) is 16.8. The number of halogens is 1. The van der Waals surface area contributed by atoms with Gasteiger partial charge in [0, 0.05) is 14.1 Å². The molecule has 0 unspecified atom stereocenters. The number of nitrogens with zero attached hydrogens (tertiary/aromatic N) is 2. The molecule has 0 bridgehead atoms. The largest absolute Gasteiger partial charge is 0.487 e. The molecule has 144 valence electrons. The van der Waals surface area contributed by atoms with Crippen LogP contribution in [0.3, 0.4) is 0 Å². The Bertz CT molecular complexity index is 1000. The minimum Gasteiger partial charge on any atom is -0.487 e. The molecule has 0 saturated carbocycles. The maximum Gasteiger partial charge on any atom is 0.335 e. The number of carbonyl (C=O) groups excluding carboxylic acids is 1. The zero-order chi connectivity index (χ0) is 20.3. The number of hydrogen-bond acceptors (Lipinski definition) is 5. The molecule has 8 heteroatoms. The first kappa shape index (κ1) is 20.0. The molecular formula is C20H17ClN2O4S. The van der Waals surface area contributed by atoms with E-state index in [1.54, 1.807) is 56.6 Å². The Morgan fingerprint density at radius 2 is 2.11 bits per heavy atom. The summed E-state index contributed by atoms with van der Waals surface area (Å²) in [6.07, 6.45) is 1.76. The Kier molecular flexibility index (Phi) is 6.06. The summed E-state index contributed by atoms with van der Waals surface area (Å²) in [6, 6.07) is 11.8. The summed E-state index contributed by atoms with van der Waals surface area (Å²) >= 11 is 7.62. The molecule has 2 aromatic carbocycles. The van der Waals surface area contributed by atoms with Gasteiger partial charge >= 0.3 is 5.97 Å². The number of carboxylic acids is 1. The lowest BCUT2D eigenvalue weighted by Crippen LogP contribution is -2.23. The van der Waals surface area contributed by atoms with Crippen LogP contribution in [0.15, 0.2) is 52.4 Å². The van der Waals surface area contributed by atoms with E-state index in [0.29, 0.717) is 20.8 Å². The molecular weight excluding hydrogens is 400 g/mol. The van der Waals surface area contributed by atoms with Gasteiger partial charge in [0.25, 0.3) is 5.91 Å². The van der Waals surface area contributed by atoms with Gasteiger partial charge in [0.15, 0.2) is 5.17 Å². The van der Waals surface area contributed by atoms with Crippen LogP contribution in [-0.4, -0.2) is 41.1 Å². The number of amides is 1. The topological polar surface area (TPSA) is 79.2 Å². The normalized spacial score (nSPS) is 16.8. The molecule has 0 radical (unpaired) electrons. The molecule has 1 fully saturated rings. The molecule has 1 aliphatic rings. The summed E-state index contributed by atoms with van der Waals surface area (Å²) in [5.74, 6) is -0.623. The summed E-state index contributed by atoms with van der Waals surface area (Å²) in [4.78, 5) is 29.4. The number of likely N-dealkylation sites (N-methyl/N-ethyl adjacent to an activating group) is 1. The average Bonchev–Trinajstić information content (AvgIpc) is 2.95. The third-order valence-corrected chi connectivity index (χ3v) is 5.46. The number of rotatable bonds is 5. The van der Waals surface area contributed by atoms with Gasteiger partial charge in [0.2, 0.25) is 0 Å². The molecule has 1 N–H and O–H groups in total. The summed E-state index contributed by atoms with van der Waals surface area (Å²) in [5, 5.41) is 10.1. The highest BCUT2D eigenvalue weighted by atomic mass is 35.5. The molecule has 6 nitrogen and oxygen atoms in total. The van der Waals surface area contributed by atoms with Crippen LogP contribution in [0.1, 0.15) is 21.5 Å². The van der Waals surface area contributed by atoms with Crippen molar-refractivity contribution in [2.45, 2.75) is 6.61 Å². The van der Waals surface area contributed by atoms with Gasteiger partial charge in [-0.15, -0.1) is 0 Å². The van der Waals surface area contributed by atoms with Crippen molar-refractivity contribution in [2.24, 2.45) is 4.99 Å². The maximum atomic E-state index is 12.2. The van der Waals surface area contributed by atoms with E-state index in [9.17, 15) is 9.59 Å². The Morgan fingerprint density at radius 1 is 1.32 bits per heavy atom. The van der Waals surface area contributed by atoms with Gasteiger partial charge in [-0.05, 0) is 53.2 Å². The molecule has 3 rings (SSSR count). The predicted molar refractivity (Wildman–Crippen MR) is 111 cm³/mol. The van der Waals surface area contributed by atoms with Crippen LogP contribution >= 0.6 is 23.4 Å². The fourth-order valence-corrected chi connectivity index (χ4v) is 3.75. The van der Waals surface area contributed by atoms with Crippen molar-refractivity contribution < 1.29 is 19.4 Å². The van der Waals surface area contributed by atoms with Crippen LogP contribution in [0, 0.1) is 0 Å². The van der Waals surface area contributed by atoms with Crippen molar-refractivity contribution in [1.29, 1.82) is 0 Å². The zero-order valence-electron chi connectivity index (χ0n) is 15.2. The fraction of sp³-hybridized carbons (Fsp3) is 0.150. The Hall–Kier alpha value is -2.77. The summed E-state index contributed by atoms with van der Waals surface area (Å²) in [6.45, 7) is 0.191. The van der Waals surface area contributed by atoms with E-state index in [1.165, 1.54) is 22.7 Å². The molecule has 0 aromatic heterocycles. The molecule has 2 aromatic rings. The summed E-state index contributed by atoms with van der Waals surface area (Å²) < 4.78 is 5.71. The van der Waals surface area contributed by atoms with Gasteiger partial charge in [-0.2, -0.15) is 0 Å². The SMILES string of the molecule is CN=C1S/C(=C\c2ccc(OCc3cccc(C(=O)O)c3)c(Cl)c2)C(=O)N1C. The number of benzene rings is 2. The van der Waals surface area contributed by atoms with E-state index in [1.807, 2.05) is 0 Å². The number of carbonyl (C=O) groups is 2. The van der Waals surface area contributed by atoms with Gasteiger partial charge in [-0.3, -0.25) is 14.7 Å². The molecule has 28 heavy (non-hydrogen) atoms. The van der Waals surface area contributed by atoms with Crippen molar-refractivity contribution in [3.63, 3.8) is 0 Å². The van der Waals surface area contributed by atoms with Crippen LogP contribution in [0.5, 0.6) is 5.75 Å². The number of aliphatic imine (C=N–C) groups is 1. The second-order valence-electron chi connectivity index (χ2n) is 5.97. The Balaban J connectivity index is 1.73. The van der Waals surface area contributed by atoms with E-state index in [-0.39, 0.29) is 18.1 Å². The van der Waals surface area contributed by atoms with Crippen molar-refractivity contribution in [3.05, 3.63) is 69.1 Å². The number of carboxylic acid groups (broad SMARTS) is 1.